The fourth-order valence-corrected chi connectivity index (χ4v) is 3.27. The van der Waals surface area contributed by atoms with Crippen LogP contribution in [0.1, 0.15) is 27.4 Å². The zero-order valence-corrected chi connectivity index (χ0v) is 15.3. The van der Waals surface area contributed by atoms with Gasteiger partial charge >= 0.3 is 5.97 Å². The molecule has 0 fully saturated rings. The number of aromatic nitrogens is 5. The van der Waals surface area contributed by atoms with Gasteiger partial charge < -0.3 is 14.2 Å². The molecule has 0 spiro atoms. The predicted octanol–water partition coefficient (Wildman–Crippen LogP) is 3.38. The van der Waals surface area contributed by atoms with Crippen molar-refractivity contribution in [3.63, 3.8) is 0 Å². The number of benzene rings is 1. The van der Waals surface area contributed by atoms with Crippen LogP contribution in [-0.4, -0.2) is 35.2 Å². The summed E-state index contributed by atoms with van der Waals surface area (Å²) in [7, 11) is 0. The highest BCUT2D eigenvalue weighted by molar-refractivity contribution is 6.31. The molecule has 0 saturated carbocycles. The Hall–Kier alpha value is -3.19. The second-order valence-corrected chi connectivity index (χ2v) is 6.66. The molecule has 8 heteroatoms. The molecule has 0 radical (unpaired) electrons. The number of rotatable bonds is 5. The van der Waals surface area contributed by atoms with Gasteiger partial charge in [0, 0.05) is 24.0 Å². The highest BCUT2D eigenvalue weighted by Crippen LogP contribution is 2.23. The minimum Gasteiger partial charge on any atom is -0.477 e. The van der Waals surface area contributed by atoms with Crippen molar-refractivity contribution in [1.29, 1.82) is 0 Å². The molecule has 136 valence electrons. The number of hydrogen-bond donors (Lipinski definition) is 1. The first kappa shape index (κ1) is 17.2. The van der Waals surface area contributed by atoms with E-state index in [0.29, 0.717) is 29.3 Å². The van der Waals surface area contributed by atoms with Crippen LogP contribution in [0.25, 0.3) is 11.2 Å². The van der Waals surface area contributed by atoms with E-state index in [1.807, 2.05) is 40.5 Å². The number of carbonyl (C=O) groups is 1. The lowest BCUT2D eigenvalue weighted by molar-refractivity contribution is 0.0691. The van der Waals surface area contributed by atoms with Crippen LogP contribution in [0.15, 0.2) is 49.1 Å². The van der Waals surface area contributed by atoms with Crippen molar-refractivity contribution in [2.75, 3.05) is 0 Å². The number of aromatic carboxylic acids is 1. The number of imidazole rings is 2. The van der Waals surface area contributed by atoms with Gasteiger partial charge in [0.15, 0.2) is 11.3 Å². The van der Waals surface area contributed by atoms with Gasteiger partial charge in [-0.25, -0.2) is 19.7 Å². The monoisotopic (exact) mass is 381 g/mol. The SMILES string of the molecule is Cc1nc2ccc(C(=O)O)nc2n1Cc1ccc(Cn2ccnc2)cc1Cl. The Morgan fingerprint density at radius 1 is 1.19 bits per heavy atom. The molecule has 3 aromatic heterocycles. The van der Waals surface area contributed by atoms with Crippen molar-refractivity contribution in [3.05, 3.63) is 76.7 Å². The minimum atomic E-state index is -1.07. The zero-order chi connectivity index (χ0) is 19.0. The Balaban J connectivity index is 1.66. The lowest BCUT2D eigenvalue weighted by Gasteiger charge is -2.11. The minimum absolute atomic E-state index is 0.00886. The lowest BCUT2D eigenvalue weighted by Crippen LogP contribution is -2.06. The normalized spacial score (nSPS) is 11.2. The van der Waals surface area contributed by atoms with Gasteiger partial charge in [-0.3, -0.25) is 0 Å². The van der Waals surface area contributed by atoms with E-state index in [1.165, 1.54) is 6.07 Å². The Labute approximate surface area is 159 Å². The van der Waals surface area contributed by atoms with Crippen LogP contribution in [0.2, 0.25) is 5.02 Å². The first-order chi connectivity index (χ1) is 13.0. The second-order valence-electron chi connectivity index (χ2n) is 6.25. The van der Waals surface area contributed by atoms with E-state index in [0.717, 1.165) is 17.0 Å². The van der Waals surface area contributed by atoms with Gasteiger partial charge in [0.05, 0.1) is 12.9 Å². The first-order valence-electron chi connectivity index (χ1n) is 8.31. The van der Waals surface area contributed by atoms with Crippen molar-refractivity contribution in [2.45, 2.75) is 20.0 Å². The largest absolute Gasteiger partial charge is 0.477 e. The average molecular weight is 382 g/mol. The third-order valence-electron chi connectivity index (χ3n) is 4.37. The van der Waals surface area contributed by atoms with Crippen molar-refractivity contribution in [2.24, 2.45) is 0 Å². The molecule has 1 N–H and O–H groups in total. The molecule has 0 unspecified atom stereocenters. The molecule has 7 nitrogen and oxygen atoms in total. The topological polar surface area (TPSA) is 85.8 Å². The van der Waals surface area contributed by atoms with E-state index in [2.05, 4.69) is 15.0 Å². The third kappa shape index (κ3) is 3.41. The van der Waals surface area contributed by atoms with Gasteiger partial charge in [-0.1, -0.05) is 23.7 Å². The standard InChI is InChI=1S/C19H16ClN5O2/c1-12-22-16-4-5-17(19(26)27)23-18(16)25(12)10-14-3-2-13(8-15(14)20)9-24-7-6-21-11-24/h2-8,11H,9-10H2,1H3,(H,26,27). The van der Waals surface area contributed by atoms with Crippen LogP contribution in [0.3, 0.4) is 0 Å². The summed E-state index contributed by atoms with van der Waals surface area (Å²) < 4.78 is 3.84. The van der Waals surface area contributed by atoms with Gasteiger partial charge in [-0.15, -0.1) is 0 Å². The molecule has 27 heavy (non-hydrogen) atoms. The van der Waals surface area contributed by atoms with E-state index in [4.69, 9.17) is 11.6 Å². The number of hydrogen-bond acceptors (Lipinski definition) is 4. The molecule has 4 rings (SSSR count). The summed E-state index contributed by atoms with van der Waals surface area (Å²) in [6.45, 7) is 3.02. The Kier molecular flexibility index (Phi) is 4.37. The highest BCUT2D eigenvalue weighted by atomic mass is 35.5. The Morgan fingerprint density at radius 3 is 2.74 bits per heavy atom. The fourth-order valence-electron chi connectivity index (χ4n) is 3.00. The molecule has 3 heterocycles. The molecular weight excluding hydrogens is 366 g/mol. The molecule has 4 aromatic rings. The summed E-state index contributed by atoms with van der Waals surface area (Å²) in [5.41, 5.74) is 3.16. The van der Waals surface area contributed by atoms with Crippen molar-refractivity contribution >= 4 is 28.7 Å². The van der Waals surface area contributed by atoms with E-state index in [1.54, 1.807) is 18.6 Å². The van der Waals surface area contributed by atoms with Gasteiger partial charge in [0.1, 0.15) is 11.3 Å². The fraction of sp³-hybridized carbons (Fsp3) is 0.158. The number of carboxylic acid groups (broad SMARTS) is 1. The van der Waals surface area contributed by atoms with Gasteiger partial charge in [0.2, 0.25) is 0 Å². The first-order valence-corrected chi connectivity index (χ1v) is 8.69. The molecule has 0 amide bonds. The summed E-state index contributed by atoms with van der Waals surface area (Å²) in [4.78, 5) is 24.0. The molecule has 0 bridgehead atoms. The maximum atomic E-state index is 11.2. The van der Waals surface area contributed by atoms with Crippen LogP contribution in [-0.2, 0) is 13.1 Å². The van der Waals surface area contributed by atoms with E-state index >= 15 is 0 Å². The van der Waals surface area contributed by atoms with Crippen LogP contribution < -0.4 is 0 Å². The highest BCUT2D eigenvalue weighted by Gasteiger charge is 2.14. The molecule has 0 aliphatic carbocycles. The Bertz CT molecular complexity index is 1130. The Morgan fingerprint density at radius 2 is 2.04 bits per heavy atom. The second kappa shape index (κ2) is 6.85. The molecule has 1 aromatic carbocycles. The summed E-state index contributed by atoms with van der Waals surface area (Å²) in [5.74, 6) is -0.317. The quantitative estimate of drug-likeness (QED) is 0.572. The van der Waals surface area contributed by atoms with Crippen LogP contribution in [0.4, 0.5) is 0 Å². The molecule has 0 atom stereocenters. The predicted molar refractivity (Wildman–Crippen MR) is 101 cm³/mol. The van der Waals surface area contributed by atoms with Gasteiger partial charge in [0.25, 0.3) is 0 Å². The van der Waals surface area contributed by atoms with Gasteiger partial charge in [-0.05, 0) is 36.2 Å². The molecular formula is C19H16ClN5O2. The molecule has 0 aliphatic rings. The number of halogens is 1. The lowest BCUT2D eigenvalue weighted by atomic mass is 10.1. The maximum Gasteiger partial charge on any atom is 0.354 e. The van der Waals surface area contributed by atoms with Crippen LogP contribution in [0.5, 0.6) is 0 Å². The van der Waals surface area contributed by atoms with E-state index < -0.39 is 5.97 Å². The van der Waals surface area contributed by atoms with Crippen molar-refractivity contribution in [3.8, 4) is 0 Å². The number of fused-ring (bicyclic) bond motifs is 1. The van der Waals surface area contributed by atoms with Gasteiger partial charge in [-0.2, -0.15) is 0 Å². The van der Waals surface area contributed by atoms with Crippen molar-refractivity contribution in [1.82, 2.24) is 24.1 Å². The number of pyridine rings is 1. The number of aryl methyl sites for hydroxylation is 1. The summed E-state index contributed by atoms with van der Waals surface area (Å²) >= 11 is 6.50. The summed E-state index contributed by atoms with van der Waals surface area (Å²) in [5, 5.41) is 9.83. The van der Waals surface area contributed by atoms with Crippen LogP contribution in [0, 0.1) is 6.92 Å². The van der Waals surface area contributed by atoms with E-state index in [9.17, 15) is 9.90 Å². The zero-order valence-electron chi connectivity index (χ0n) is 14.5. The maximum absolute atomic E-state index is 11.2. The number of carboxylic acids is 1. The van der Waals surface area contributed by atoms with Crippen molar-refractivity contribution < 1.29 is 9.90 Å². The third-order valence-corrected chi connectivity index (χ3v) is 4.72. The summed E-state index contributed by atoms with van der Waals surface area (Å²) in [6, 6.07) is 9.05. The molecule has 0 aliphatic heterocycles. The van der Waals surface area contributed by atoms with E-state index in [-0.39, 0.29) is 5.69 Å². The average Bonchev–Trinajstić information content (AvgIpc) is 3.24. The number of nitrogens with zero attached hydrogens (tertiary/aromatic N) is 5. The molecule has 0 saturated heterocycles. The smallest absolute Gasteiger partial charge is 0.354 e. The van der Waals surface area contributed by atoms with Crippen LogP contribution >= 0.6 is 11.6 Å². The summed E-state index contributed by atoms with van der Waals surface area (Å²) in [6.07, 6.45) is 5.39.